The van der Waals surface area contributed by atoms with Gasteiger partial charge < -0.3 is 4.52 Å². The summed E-state index contributed by atoms with van der Waals surface area (Å²) in [5.41, 5.74) is 1.06. The molecule has 0 fully saturated rings. The lowest BCUT2D eigenvalue weighted by Crippen LogP contribution is -1.92. The lowest BCUT2D eigenvalue weighted by molar-refractivity contribution is -0.384. The predicted molar refractivity (Wildman–Crippen MR) is 64.6 cm³/mol. The topological polar surface area (TPSA) is 69.4 Å². The molecule has 5 nitrogen and oxygen atoms in total. The Balaban J connectivity index is 2.15. The van der Waals surface area contributed by atoms with Crippen molar-refractivity contribution in [1.82, 2.24) is 0 Å². The normalized spacial score (nSPS) is 23.2. The molecule has 0 amide bonds. The van der Waals surface area contributed by atoms with E-state index in [0.29, 0.717) is 11.9 Å². The summed E-state index contributed by atoms with van der Waals surface area (Å²) < 4.78 is 17.6. The highest BCUT2D eigenvalue weighted by Gasteiger charge is 2.27. The maximum atomic E-state index is 12.2. The van der Waals surface area contributed by atoms with Gasteiger partial charge in [-0.2, -0.15) is 0 Å². The van der Waals surface area contributed by atoms with Crippen molar-refractivity contribution in [2.45, 2.75) is 13.3 Å². The van der Waals surface area contributed by atoms with Crippen molar-refractivity contribution < 1.29 is 14.0 Å². The minimum absolute atomic E-state index is 0.00576. The van der Waals surface area contributed by atoms with Crippen LogP contribution in [0.1, 0.15) is 13.3 Å². The summed E-state index contributed by atoms with van der Waals surface area (Å²) in [5, 5.41) is 10.5. The zero-order chi connectivity index (χ0) is 12.5. The first-order valence-corrected chi connectivity index (χ1v) is 7.08. The summed E-state index contributed by atoms with van der Waals surface area (Å²) in [7, 11) is -2.72. The summed E-state index contributed by atoms with van der Waals surface area (Å²) in [6.45, 7) is 1.92. The second-order valence-corrected chi connectivity index (χ2v) is 6.36. The van der Waals surface area contributed by atoms with Gasteiger partial charge in [-0.15, -0.1) is 0 Å². The second kappa shape index (κ2) is 4.34. The number of hydrogen-bond acceptors (Lipinski definition) is 4. The van der Waals surface area contributed by atoms with Gasteiger partial charge in [0.1, 0.15) is 5.75 Å². The summed E-state index contributed by atoms with van der Waals surface area (Å²) in [5.74, 6) is 2.08. The average Bonchev–Trinajstić information content (AvgIpc) is 2.59. The van der Waals surface area contributed by atoms with Crippen LogP contribution in [-0.2, 0) is 4.57 Å². The Morgan fingerprint density at radius 3 is 2.47 bits per heavy atom. The first kappa shape index (κ1) is 11.9. The quantitative estimate of drug-likeness (QED) is 0.469. The fourth-order valence-corrected chi connectivity index (χ4v) is 3.89. The van der Waals surface area contributed by atoms with Crippen LogP contribution in [0.15, 0.2) is 35.7 Å². The van der Waals surface area contributed by atoms with Gasteiger partial charge in [-0.3, -0.25) is 14.7 Å². The molecule has 1 unspecified atom stereocenters. The molecule has 1 heterocycles. The molecule has 2 rings (SSSR count). The predicted octanol–water partition coefficient (Wildman–Crippen LogP) is 3.56. The average molecular weight is 253 g/mol. The van der Waals surface area contributed by atoms with Gasteiger partial charge in [-0.05, 0) is 25.5 Å². The second-order valence-electron chi connectivity index (χ2n) is 4.02. The van der Waals surface area contributed by atoms with Crippen LogP contribution < -0.4 is 4.52 Å². The molecule has 0 radical (unpaired) electrons. The first-order valence-electron chi connectivity index (χ1n) is 5.20. The molecule has 1 atom stereocenters. The Labute approximate surface area is 98.7 Å². The van der Waals surface area contributed by atoms with Crippen molar-refractivity contribution in [2.75, 3.05) is 6.16 Å². The van der Waals surface area contributed by atoms with Crippen LogP contribution in [0.25, 0.3) is 0 Å². The highest BCUT2D eigenvalue weighted by Crippen LogP contribution is 2.54. The number of benzene rings is 1. The van der Waals surface area contributed by atoms with Crippen molar-refractivity contribution in [3.8, 4) is 5.75 Å². The summed E-state index contributed by atoms with van der Waals surface area (Å²) in [6.07, 6.45) is 1.29. The Morgan fingerprint density at radius 2 is 2.00 bits per heavy atom. The number of allylic oxidation sites excluding steroid dienone is 1. The summed E-state index contributed by atoms with van der Waals surface area (Å²) >= 11 is 0. The van der Waals surface area contributed by atoms with Gasteiger partial charge >= 0.3 is 0 Å². The first-order chi connectivity index (χ1) is 7.98. The van der Waals surface area contributed by atoms with Crippen molar-refractivity contribution >= 4 is 13.1 Å². The van der Waals surface area contributed by atoms with Crippen LogP contribution in [0.3, 0.4) is 0 Å². The summed E-state index contributed by atoms with van der Waals surface area (Å²) in [6, 6.07) is 5.63. The van der Waals surface area contributed by atoms with Crippen LogP contribution in [0.2, 0.25) is 0 Å². The van der Waals surface area contributed by atoms with Crippen molar-refractivity contribution in [3.63, 3.8) is 0 Å². The van der Waals surface area contributed by atoms with Crippen LogP contribution in [0.4, 0.5) is 5.69 Å². The smallest absolute Gasteiger partial charge is 0.270 e. The van der Waals surface area contributed by atoms with E-state index in [4.69, 9.17) is 4.52 Å². The molecule has 90 valence electrons. The van der Waals surface area contributed by atoms with E-state index in [1.165, 1.54) is 24.3 Å². The van der Waals surface area contributed by atoms with E-state index in [0.717, 1.165) is 12.0 Å². The van der Waals surface area contributed by atoms with E-state index >= 15 is 0 Å². The van der Waals surface area contributed by atoms with Gasteiger partial charge in [0.2, 0.25) is 0 Å². The third-order valence-electron chi connectivity index (χ3n) is 2.54. The molecule has 0 aliphatic carbocycles. The number of non-ortho nitro benzene ring substituents is 1. The van der Waals surface area contributed by atoms with Gasteiger partial charge in [-0.1, -0.05) is 5.57 Å². The lowest BCUT2D eigenvalue weighted by atomic mass is 10.3. The molecule has 1 aromatic rings. The lowest BCUT2D eigenvalue weighted by Gasteiger charge is -2.11. The highest BCUT2D eigenvalue weighted by atomic mass is 31.2. The minimum Gasteiger partial charge on any atom is -0.440 e. The molecule has 1 aliphatic heterocycles. The molecule has 0 bridgehead atoms. The molecule has 0 saturated carbocycles. The third kappa shape index (κ3) is 2.74. The maximum absolute atomic E-state index is 12.2. The molecular weight excluding hydrogens is 241 g/mol. The van der Waals surface area contributed by atoms with Gasteiger partial charge in [0.25, 0.3) is 13.1 Å². The van der Waals surface area contributed by atoms with Crippen LogP contribution in [0.5, 0.6) is 5.75 Å². The van der Waals surface area contributed by atoms with E-state index in [1.54, 1.807) is 5.82 Å². The van der Waals surface area contributed by atoms with Crippen molar-refractivity contribution in [1.29, 1.82) is 0 Å². The molecule has 0 N–H and O–H groups in total. The Morgan fingerprint density at radius 1 is 1.35 bits per heavy atom. The molecular formula is C11H12NO4P. The van der Waals surface area contributed by atoms with Gasteiger partial charge in [0, 0.05) is 24.1 Å². The Hall–Kier alpha value is -1.61. The van der Waals surface area contributed by atoms with Gasteiger partial charge in [0.15, 0.2) is 0 Å². The fourth-order valence-electron chi connectivity index (χ4n) is 1.68. The zero-order valence-corrected chi connectivity index (χ0v) is 10.2. The number of rotatable bonds is 3. The molecule has 0 aromatic heterocycles. The number of nitro groups is 1. The largest absolute Gasteiger partial charge is 0.440 e. The van der Waals surface area contributed by atoms with E-state index in [9.17, 15) is 14.7 Å². The third-order valence-corrected chi connectivity index (χ3v) is 4.74. The van der Waals surface area contributed by atoms with E-state index in [1.807, 2.05) is 6.92 Å². The van der Waals surface area contributed by atoms with E-state index in [2.05, 4.69) is 0 Å². The minimum atomic E-state index is -2.72. The van der Waals surface area contributed by atoms with E-state index < -0.39 is 12.3 Å². The van der Waals surface area contributed by atoms with E-state index in [-0.39, 0.29) is 5.69 Å². The van der Waals surface area contributed by atoms with Gasteiger partial charge in [-0.25, -0.2) is 0 Å². The molecule has 0 spiro atoms. The molecule has 17 heavy (non-hydrogen) atoms. The summed E-state index contributed by atoms with van der Waals surface area (Å²) in [4.78, 5) is 9.98. The van der Waals surface area contributed by atoms with Crippen molar-refractivity contribution in [3.05, 3.63) is 45.8 Å². The zero-order valence-electron chi connectivity index (χ0n) is 9.33. The molecule has 1 aromatic carbocycles. The SMILES string of the molecule is CC1=CP(=O)(Oc2ccc([N+](=O)[O-])cc2)CC1. The van der Waals surface area contributed by atoms with Crippen molar-refractivity contribution in [2.24, 2.45) is 0 Å². The number of nitro benzene ring substituents is 1. The van der Waals surface area contributed by atoms with Gasteiger partial charge in [0.05, 0.1) is 4.92 Å². The van der Waals surface area contributed by atoms with Crippen LogP contribution in [0, 0.1) is 10.1 Å². The number of hydrogen-bond donors (Lipinski definition) is 0. The highest BCUT2D eigenvalue weighted by molar-refractivity contribution is 7.63. The fraction of sp³-hybridized carbons (Fsp3) is 0.273. The maximum Gasteiger partial charge on any atom is 0.270 e. The Kier molecular flexibility index (Phi) is 3.03. The standard InChI is InChI=1S/C11H12NO4P/c1-9-6-7-17(15,8-9)16-11-4-2-10(3-5-11)12(13)14/h2-5,8H,6-7H2,1H3. The Bertz CT molecular complexity index is 521. The molecule has 0 saturated heterocycles. The number of nitrogens with zero attached hydrogens (tertiary/aromatic N) is 1. The molecule has 6 heteroatoms. The monoisotopic (exact) mass is 253 g/mol. The van der Waals surface area contributed by atoms with Crippen LogP contribution >= 0.6 is 7.37 Å². The van der Waals surface area contributed by atoms with Crippen LogP contribution in [-0.4, -0.2) is 11.1 Å². The molecule has 1 aliphatic rings.